The first kappa shape index (κ1) is 34.3. The van der Waals surface area contributed by atoms with E-state index in [2.05, 4.69) is 160 Å². The molecule has 0 saturated carbocycles. The van der Waals surface area contributed by atoms with E-state index in [1.54, 1.807) is 0 Å². The molecule has 0 fully saturated rings. The first-order valence-electron chi connectivity index (χ1n) is 15.3. The molecule has 2 aliphatic carbocycles. The summed E-state index contributed by atoms with van der Waals surface area (Å²) in [6, 6.07) is 0. The lowest BCUT2D eigenvalue weighted by atomic mass is 9.67. The van der Waals surface area contributed by atoms with Crippen molar-refractivity contribution < 1.29 is 5.11 Å². The summed E-state index contributed by atoms with van der Waals surface area (Å²) in [7, 11) is 0. The second-order valence-corrected chi connectivity index (χ2v) is 13.6. The monoisotopic (exact) mass is 552 g/mol. The third kappa shape index (κ3) is 11.9. The summed E-state index contributed by atoms with van der Waals surface area (Å²) in [4.78, 5) is 0. The van der Waals surface area contributed by atoms with Crippen LogP contribution in [0.5, 0.6) is 0 Å². The van der Waals surface area contributed by atoms with Crippen LogP contribution in [0.25, 0.3) is 0 Å². The largest absolute Gasteiger partial charge is 0.389 e. The number of rotatable bonds is 10. The highest BCUT2D eigenvalue weighted by Crippen LogP contribution is 2.42. The molecule has 0 aromatic carbocycles. The van der Waals surface area contributed by atoms with Crippen LogP contribution >= 0.6 is 0 Å². The Morgan fingerprint density at radius 2 is 1.10 bits per heavy atom. The van der Waals surface area contributed by atoms with Crippen LogP contribution in [0.2, 0.25) is 0 Å². The Balaban J connectivity index is 1.88. The van der Waals surface area contributed by atoms with Crippen LogP contribution in [0, 0.1) is 22.7 Å². The fourth-order valence-corrected chi connectivity index (χ4v) is 5.98. The quantitative estimate of drug-likeness (QED) is 0.211. The van der Waals surface area contributed by atoms with Crippen LogP contribution in [0.3, 0.4) is 0 Å². The molecule has 3 atom stereocenters. The average molecular weight is 553 g/mol. The van der Waals surface area contributed by atoms with Gasteiger partial charge in [0.15, 0.2) is 0 Å². The highest BCUT2D eigenvalue weighted by Gasteiger charge is 2.34. The molecule has 0 aromatic heterocycles. The Kier molecular flexibility index (Phi) is 13.3. The van der Waals surface area contributed by atoms with Crippen LogP contribution in [0.4, 0.5) is 0 Å². The van der Waals surface area contributed by atoms with Crippen LogP contribution in [-0.4, -0.2) is 11.2 Å². The molecule has 0 bridgehead atoms. The highest BCUT2D eigenvalue weighted by molar-refractivity contribution is 5.33. The Morgan fingerprint density at radius 1 is 0.659 bits per heavy atom. The van der Waals surface area contributed by atoms with Gasteiger partial charge in [0.25, 0.3) is 0 Å². The van der Waals surface area contributed by atoms with Gasteiger partial charge in [-0.1, -0.05) is 158 Å². The molecule has 1 nitrogen and oxygen atoms in total. The van der Waals surface area contributed by atoms with Crippen molar-refractivity contribution in [2.24, 2.45) is 22.7 Å². The van der Waals surface area contributed by atoms with Crippen LogP contribution < -0.4 is 0 Å². The van der Waals surface area contributed by atoms with E-state index in [1.165, 1.54) is 46.3 Å². The van der Waals surface area contributed by atoms with Gasteiger partial charge in [0.1, 0.15) is 0 Å². The van der Waals surface area contributed by atoms with E-state index in [-0.39, 0.29) is 11.5 Å². The summed E-state index contributed by atoms with van der Waals surface area (Å²) in [5, 5.41) is 10.1. The molecule has 2 aliphatic rings. The maximum Gasteiger partial charge on any atom is 0.0729 e. The van der Waals surface area contributed by atoms with Crippen molar-refractivity contribution in [3.05, 3.63) is 131 Å². The lowest BCUT2D eigenvalue weighted by Crippen LogP contribution is -2.32. The number of aliphatic hydroxyl groups excluding tert-OH is 1. The first-order valence-corrected chi connectivity index (χ1v) is 15.3. The molecule has 0 radical (unpaired) electrons. The zero-order valence-electron chi connectivity index (χ0n) is 27.5. The average Bonchev–Trinajstić information content (AvgIpc) is 2.84. The second-order valence-electron chi connectivity index (χ2n) is 13.6. The van der Waals surface area contributed by atoms with Crippen molar-refractivity contribution in [1.82, 2.24) is 0 Å². The summed E-state index contributed by atoms with van der Waals surface area (Å²) in [6.07, 6.45) is 37.8. The summed E-state index contributed by atoms with van der Waals surface area (Å²) in [5.41, 5.74) is 8.06. The van der Waals surface area contributed by atoms with E-state index in [9.17, 15) is 5.11 Å². The highest BCUT2D eigenvalue weighted by atomic mass is 16.3. The van der Waals surface area contributed by atoms with Crippen LogP contribution in [-0.2, 0) is 0 Å². The van der Waals surface area contributed by atoms with Crippen molar-refractivity contribution in [2.75, 3.05) is 0 Å². The lowest BCUT2D eigenvalue weighted by Gasteiger charge is -2.38. The zero-order valence-corrected chi connectivity index (χ0v) is 27.5. The fourth-order valence-electron chi connectivity index (χ4n) is 5.98. The van der Waals surface area contributed by atoms with E-state index < -0.39 is 0 Å². The lowest BCUT2D eigenvalue weighted by molar-refractivity contribution is 0.117. The molecule has 2 rings (SSSR count). The minimum absolute atomic E-state index is 0.0647. The predicted octanol–water partition coefficient (Wildman–Crippen LogP) is 11.3. The van der Waals surface area contributed by atoms with Crippen molar-refractivity contribution >= 4 is 0 Å². The van der Waals surface area contributed by atoms with Crippen molar-refractivity contribution in [3.63, 3.8) is 0 Å². The van der Waals surface area contributed by atoms with Gasteiger partial charge >= 0.3 is 0 Å². The normalized spacial score (nSPS) is 26.7. The third-order valence-electron chi connectivity index (χ3n) is 8.48. The molecule has 1 N–H and O–H groups in total. The number of aliphatic hydroxyl groups is 1. The van der Waals surface area contributed by atoms with E-state index in [1.807, 2.05) is 6.08 Å². The van der Waals surface area contributed by atoms with Gasteiger partial charge in [0.2, 0.25) is 0 Å². The smallest absolute Gasteiger partial charge is 0.0729 e. The van der Waals surface area contributed by atoms with Crippen molar-refractivity contribution in [3.8, 4) is 0 Å². The number of hydrogen-bond acceptors (Lipinski definition) is 1. The maximum atomic E-state index is 10.1. The standard InChI is InChI=1S/C40H56O/c1-30(18-13-20-32(3)23-25-37-34(5)22-15-27-39(37,7)8)16-11-12-17-31(2)19-14-21-33(4)24-26-38-35(6)28-36(41)29-40(38,9)10/h11-14,16-26,28,36-38,41H,15,27,29H2,1-10H3/b12-11+,18-13+,19-14+,25-23+,26-24+,30-16+,31-17+,32-20+,33-21+. The molecular formula is C40H56O. The minimum Gasteiger partial charge on any atom is -0.389 e. The summed E-state index contributed by atoms with van der Waals surface area (Å²) in [5.74, 6) is 0.880. The topological polar surface area (TPSA) is 20.2 Å². The summed E-state index contributed by atoms with van der Waals surface area (Å²) < 4.78 is 0. The summed E-state index contributed by atoms with van der Waals surface area (Å²) in [6.45, 7) is 22.2. The van der Waals surface area contributed by atoms with Crippen molar-refractivity contribution in [2.45, 2.75) is 94.6 Å². The van der Waals surface area contributed by atoms with Gasteiger partial charge in [-0.2, -0.15) is 0 Å². The Bertz CT molecular complexity index is 1220. The SMILES string of the molecule is CC1=CCCC(C)(C)C1/C=C/C(C)=C/C=C/C(C)=C/C=C/C=C(C)/C=C/C=C(C)/C=C/C1C(C)=CC(O)CC1(C)C. The molecule has 0 aromatic rings. The molecule has 0 heterocycles. The molecule has 1 heteroatoms. The van der Waals surface area contributed by atoms with E-state index in [4.69, 9.17) is 0 Å². The Morgan fingerprint density at radius 3 is 1.56 bits per heavy atom. The zero-order chi connectivity index (χ0) is 30.6. The van der Waals surface area contributed by atoms with Gasteiger partial charge < -0.3 is 5.11 Å². The van der Waals surface area contributed by atoms with Gasteiger partial charge in [0.05, 0.1) is 6.10 Å². The second kappa shape index (κ2) is 15.9. The van der Waals surface area contributed by atoms with E-state index >= 15 is 0 Å². The molecule has 0 aliphatic heterocycles. The first-order chi connectivity index (χ1) is 19.2. The Hall–Kier alpha value is -2.90. The van der Waals surface area contributed by atoms with Crippen molar-refractivity contribution in [1.29, 1.82) is 0 Å². The minimum atomic E-state index is -0.325. The Labute approximate surface area is 252 Å². The fraction of sp³-hybridized carbons (Fsp3) is 0.450. The molecule has 222 valence electrons. The van der Waals surface area contributed by atoms with Crippen LogP contribution in [0.15, 0.2) is 131 Å². The molecular weight excluding hydrogens is 496 g/mol. The van der Waals surface area contributed by atoms with Gasteiger partial charge in [0, 0.05) is 11.8 Å². The van der Waals surface area contributed by atoms with E-state index in [0.29, 0.717) is 17.3 Å². The van der Waals surface area contributed by atoms with Crippen LogP contribution in [0.1, 0.15) is 88.5 Å². The molecule has 0 amide bonds. The van der Waals surface area contributed by atoms with Gasteiger partial charge in [-0.3, -0.25) is 0 Å². The van der Waals surface area contributed by atoms with Gasteiger partial charge in [-0.15, -0.1) is 0 Å². The molecule has 3 unspecified atom stereocenters. The van der Waals surface area contributed by atoms with Gasteiger partial charge in [-0.05, 0) is 71.6 Å². The molecule has 0 spiro atoms. The van der Waals surface area contributed by atoms with Gasteiger partial charge in [-0.25, -0.2) is 0 Å². The third-order valence-corrected chi connectivity index (χ3v) is 8.48. The molecule has 41 heavy (non-hydrogen) atoms. The predicted molar refractivity (Wildman–Crippen MR) is 183 cm³/mol. The summed E-state index contributed by atoms with van der Waals surface area (Å²) >= 11 is 0. The number of hydrogen-bond donors (Lipinski definition) is 1. The maximum absolute atomic E-state index is 10.1. The number of allylic oxidation sites excluding steroid dienone is 21. The molecule has 0 saturated heterocycles. The van der Waals surface area contributed by atoms with E-state index in [0.717, 1.165) is 6.42 Å².